The van der Waals surface area contributed by atoms with Crippen LogP contribution in [0, 0.1) is 0 Å². The maximum Gasteiger partial charge on any atom is 0.270 e. The highest BCUT2D eigenvalue weighted by atomic mass is 16.2. The van der Waals surface area contributed by atoms with Crippen molar-refractivity contribution < 1.29 is 14.4 Å². The Hall–Kier alpha value is -2.90. The van der Waals surface area contributed by atoms with Crippen LogP contribution in [0.15, 0.2) is 35.4 Å². The van der Waals surface area contributed by atoms with Crippen LogP contribution >= 0.6 is 0 Å². The Bertz CT molecular complexity index is 673. The van der Waals surface area contributed by atoms with E-state index in [-0.39, 0.29) is 30.5 Å². The second-order valence-electron chi connectivity index (χ2n) is 5.43. The predicted octanol–water partition coefficient (Wildman–Crippen LogP) is -0.935. The number of rotatable bonds is 3. The summed E-state index contributed by atoms with van der Waals surface area (Å²) in [6.45, 7) is 0.847. The lowest BCUT2D eigenvalue weighted by Crippen LogP contribution is -2.51. The monoisotopic (exact) mass is 315 g/mol. The number of para-hydroxylation sites is 1. The van der Waals surface area contributed by atoms with Crippen LogP contribution in [-0.4, -0.2) is 54.0 Å². The second kappa shape index (κ2) is 6.07. The number of amides is 3. The molecule has 1 saturated heterocycles. The minimum atomic E-state index is -0.699. The van der Waals surface area contributed by atoms with E-state index in [9.17, 15) is 14.4 Å². The molecule has 2 aliphatic rings. The highest BCUT2D eigenvalue weighted by Crippen LogP contribution is 2.24. The standard InChI is InChI=1S/C15H17N5O3/c16-14(22)12-8-11(15(23)19-7-6-17-13(21)9-19)18-20(12)10-4-2-1-3-5-10/h1-5,12H,6-9H2,(H2,16,22)(H,17,21). The van der Waals surface area contributed by atoms with Crippen molar-refractivity contribution in [2.24, 2.45) is 10.8 Å². The summed E-state index contributed by atoms with van der Waals surface area (Å²) in [4.78, 5) is 37.1. The van der Waals surface area contributed by atoms with Crippen LogP contribution in [0.3, 0.4) is 0 Å². The Morgan fingerprint density at radius 1 is 1.26 bits per heavy atom. The van der Waals surface area contributed by atoms with Crippen molar-refractivity contribution >= 4 is 29.1 Å². The van der Waals surface area contributed by atoms with Crippen molar-refractivity contribution in [1.29, 1.82) is 0 Å². The SMILES string of the molecule is NC(=O)C1CC(C(=O)N2CCNC(=O)C2)=NN1c1ccccc1. The molecular weight excluding hydrogens is 298 g/mol. The van der Waals surface area contributed by atoms with E-state index < -0.39 is 11.9 Å². The zero-order valence-corrected chi connectivity index (χ0v) is 12.4. The number of hydrogen-bond donors (Lipinski definition) is 2. The molecule has 3 N–H and O–H groups in total. The van der Waals surface area contributed by atoms with Gasteiger partial charge in [-0.2, -0.15) is 5.10 Å². The fourth-order valence-corrected chi connectivity index (χ4v) is 2.67. The highest BCUT2D eigenvalue weighted by molar-refractivity contribution is 6.40. The second-order valence-corrected chi connectivity index (χ2v) is 5.43. The summed E-state index contributed by atoms with van der Waals surface area (Å²) in [5.41, 5.74) is 6.38. The fourth-order valence-electron chi connectivity index (χ4n) is 2.67. The minimum absolute atomic E-state index is 0.00439. The molecule has 1 unspecified atom stereocenters. The van der Waals surface area contributed by atoms with Crippen LogP contribution in [0.2, 0.25) is 0 Å². The summed E-state index contributed by atoms with van der Waals surface area (Å²) in [5, 5.41) is 8.42. The number of anilines is 1. The van der Waals surface area contributed by atoms with Crippen molar-refractivity contribution in [3.05, 3.63) is 30.3 Å². The van der Waals surface area contributed by atoms with Gasteiger partial charge in [0.15, 0.2) is 0 Å². The Morgan fingerprint density at radius 2 is 2.00 bits per heavy atom. The Balaban J connectivity index is 1.84. The number of piperazine rings is 1. The molecule has 2 aliphatic heterocycles. The van der Waals surface area contributed by atoms with Gasteiger partial charge in [-0.25, -0.2) is 0 Å². The maximum atomic E-state index is 12.5. The molecule has 8 nitrogen and oxygen atoms in total. The number of nitrogens with zero attached hydrogens (tertiary/aromatic N) is 3. The topological polar surface area (TPSA) is 108 Å². The Labute approximate surface area is 132 Å². The van der Waals surface area contributed by atoms with Gasteiger partial charge in [-0.15, -0.1) is 0 Å². The zero-order chi connectivity index (χ0) is 16.4. The molecule has 1 fully saturated rings. The third-order valence-electron chi connectivity index (χ3n) is 3.83. The zero-order valence-electron chi connectivity index (χ0n) is 12.4. The van der Waals surface area contributed by atoms with Crippen LogP contribution in [-0.2, 0) is 14.4 Å². The number of hydrogen-bond acceptors (Lipinski definition) is 5. The minimum Gasteiger partial charge on any atom is -0.368 e. The van der Waals surface area contributed by atoms with Crippen molar-refractivity contribution in [3.63, 3.8) is 0 Å². The molecule has 0 bridgehead atoms. The molecule has 0 aliphatic carbocycles. The molecule has 1 aromatic carbocycles. The normalized spacial score (nSPS) is 21.0. The highest BCUT2D eigenvalue weighted by Gasteiger charge is 2.37. The van der Waals surface area contributed by atoms with Gasteiger partial charge in [-0.3, -0.25) is 19.4 Å². The van der Waals surface area contributed by atoms with Gasteiger partial charge in [0.2, 0.25) is 11.8 Å². The molecule has 2 heterocycles. The van der Waals surface area contributed by atoms with E-state index in [0.717, 1.165) is 0 Å². The third kappa shape index (κ3) is 3.01. The van der Waals surface area contributed by atoms with E-state index in [1.807, 2.05) is 18.2 Å². The summed E-state index contributed by atoms with van der Waals surface area (Å²) < 4.78 is 0. The Kier molecular flexibility index (Phi) is 3.96. The molecule has 0 radical (unpaired) electrons. The number of carbonyl (C=O) groups excluding carboxylic acids is 3. The van der Waals surface area contributed by atoms with E-state index in [2.05, 4.69) is 10.4 Å². The van der Waals surface area contributed by atoms with Crippen LogP contribution in [0.25, 0.3) is 0 Å². The van der Waals surface area contributed by atoms with Gasteiger partial charge in [0, 0.05) is 19.5 Å². The molecule has 23 heavy (non-hydrogen) atoms. The summed E-state index contributed by atoms with van der Waals surface area (Å²) in [7, 11) is 0. The number of carbonyl (C=O) groups is 3. The molecule has 1 aromatic rings. The van der Waals surface area contributed by atoms with Crippen molar-refractivity contribution in [2.75, 3.05) is 24.6 Å². The van der Waals surface area contributed by atoms with Crippen LogP contribution in [0.5, 0.6) is 0 Å². The number of hydrazone groups is 1. The lowest BCUT2D eigenvalue weighted by atomic mass is 10.1. The molecule has 0 aromatic heterocycles. The largest absolute Gasteiger partial charge is 0.368 e. The lowest BCUT2D eigenvalue weighted by Gasteiger charge is -2.26. The van der Waals surface area contributed by atoms with E-state index in [1.54, 1.807) is 12.1 Å². The average molecular weight is 315 g/mol. The molecule has 1 atom stereocenters. The molecular formula is C15H17N5O3. The van der Waals surface area contributed by atoms with Gasteiger partial charge in [-0.1, -0.05) is 18.2 Å². The van der Waals surface area contributed by atoms with Gasteiger partial charge < -0.3 is 16.0 Å². The fraction of sp³-hybridized carbons (Fsp3) is 0.333. The van der Waals surface area contributed by atoms with Gasteiger partial charge >= 0.3 is 0 Å². The molecule has 120 valence electrons. The Morgan fingerprint density at radius 3 is 2.65 bits per heavy atom. The van der Waals surface area contributed by atoms with E-state index in [4.69, 9.17) is 5.73 Å². The molecule has 0 saturated carbocycles. The number of nitrogens with two attached hydrogens (primary N) is 1. The first-order valence-corrected chi connectivity index (χ1v) is 7.33. The number of primary amides is 1. The van der Waals surface area contributed by atoms with Gasteiger partial charge in [0.05, 0.1) is 12.2 Å². The average Bonchev–Trinajstić information content (AvgIpc) is 3.00. The van der Waals surface area contributed by atoms with Crippen LogP contribution < -0.4 is 16.1 Å². The third-order valence-corrected chi connectivity index (χ3v) is 3.83. The first-order valence-electron chi connectivity index (χ1n) is 7.33. The van der Waals surface area contributed by atoms with E-state index >= 15 is 0 Å². The van der Waals surface area contributed by atoms with Crippen molar-refractivity contribution in [1.82, 2.24) is 10.2 Å². The van der Waals surface area contributed by atoms with Gasteiger partial charge in [-0.05, 0) is 12.1 Å². The maximum absolute atomic E-state index is 12.5. The first-order chi connectivity index (χ1) is 11.1. The van der Waals surface area contributed by atoms with Gasteiger partial charge in [0.1, 0.15) is 11.8 Å². The lowest BCUT2D eigenvalue weighted by molar-refractivity contribution is -0.133. The van der Waals surface area contributed by atoms with Crippen LogP contribution in [0.1, 0.15) is 6.42 Å². The first kappa shape index (κ1) is 15.0. The number of benzene rings is 1. The van der Waals surface area contributed by atoms with Gasteiger partial charge in [0.25, 0.3) is 5.91 Å². The van der Waals surface area contributed by atoms with Crippen LogP contribution in [0.4, 0.5) is 5.69 Å². The molecule has 0 spiro atoms. The van der Waals surface area contributed by atoms with E-state index in [0.29, 0.717) is 18.8 Å². The summed E-state index contributed by atoms with van der Waals surface area (Å²) in [5.74, 6) is -1.07. The summed E-state index contributed by atoms with van der Waals surface area (Å²) in [6, 6.07) is 8.37. The summed E-state index contributed by atoms with van der Waals surface area (Å²) in [6.07, 6.45) is 0.140. The molecule has 3 amide bonds. The van der Waals surface area contributed by atoms with E-state index in [1.165, 1.54) is 9.91 Å². The molecule has 8 heteroatoms. The smallest absolute Gasteiger partial charge is 0.270 e. The summed E-state index contributed by atoms with van der Waals surface area (Å²) >= 11 is 0. The van der Waals surface area contributed by atoms with Crippen molar-refractivity contribution in [2.45, 2.75) is 12.5 Å². The predicted molar refractivity (Wildman–Crippen MR) is 83.5 cm³/mol. The number of nitrogens with one attached hydrogen (secondary N) is 1. The molecule has 3 rings (SSSR count). The quantitative estimate of drug-likeness (QED) is 0.751. The van der Waals surface area contributed by atoms with Crippen molar-refractivity contribution in [3.8, 4) is 0 Å².